The zero-order valence-electron chi connectivity index (χ0n) is 14.8. The van der Waals surface area contributed by atoms with Crippen LogP contribution in [-0.2, 0) is 19.1 Å². The highest BCUT2D eigenvalue weighted by Crippen LogP contribution is 2.33. The highest BCUT2D eigenvalue weighted by molar-refractivity contribution is 5.90. The van der Waals surface area contributed by atoms with Crippen molar-refractivity contribution in [3.8, 4) is 5.75 Å². The molecule has 0 amide bonds. The van der Waals surface area contributed by atoms with Crippen LogP contribution in [-0.4, -0.2) is 30.3 Å². The number of hydrogen-bond acceptors (Lipinski definition) is 5. The molecule has 1 rings (SSSR count). The van der Waals surface area contributed by atoms with E-state index in [1.54, 1.807) is 39.8 Å². The van der Waals surface area contributed by atoms with Gasteiger partial charge in [-0.3, -0.25) is 0 Å². The molecule has 0 unspecified atom stereocenters. The summed E-state index contributed by atoms with van der Waals surface area (Å²) in [6.45, 7) is 9.49. The number of carbonyl (C=O) groups excluding carboxylic acids is 2. The number of aromatic hydroxyl groups is 1. The number of phenols is 1. The van der Waals surface area contributed by atoms with E-state index in [0.29, 0.717) is 24.3 Å². The van der Waals surface area contributed by atoms with E-state index < -0.39 is 11.9 Å². The molecule has 1 aromatic rings. The maximum absolute atomic E-state index is 11.5. The third-order valence-electron chi connectivity index (χ3n) is 3.67. The lowest BCUT2D eigenvalue weighted by Gasteiger charge is -2.15. The van der Waals surface area contributed by atoms with E-state index in [0.717, 1.165) is 16.7 Å². The van der Waals surface area contributed by atoms with E-state index in [4.69, 9.17) is 9.47 Å². The molecule has 0 aromatic heterocycles. The van der Waals surface area contributed by atoms with Crippen molar-refractivity contribution >= 4 is 24.1 Å². The molecular weight excluding hydrogens is 308 g/mol. The average Bonchev–Trinajstić information content (AvgIpc) is 2.53. The van der Waals surface area contributed by atoms with Gasteiger partial charge in [-0.2, -0.15) is 0 Å². The molecule has 0 heterocycles. The number of rotatable bonds is 6. The molecule has 0 bridgehead atoms. The molecule has 0 atom stereocenters. The van der Waals surface area contributed by atoms with E-state index >= 15 is 0 Å². The summed E-state index contributed by atoms with van der Waals surface area (Å²) in [4.78, 5) is 23.0. The molecule has 5 nitrogen and oxygen atoms in total. The van der Waals surface area contributed by atoms with Crippen molar-refractivity contribution in [3.63, 3.8) is 0 Å². The van der Waals surface area contributed by atoms with Gasteiger partial charge in [-0.1, -0.05) is 0 Å². The fourth-order valence-electron chi connectivity index (χ4n) is 2.43. The molecule has 24 heavy (non-hydrogen) atoms. The number of ether oxygens (including phenoxy) is 2. The van der Waals surface area contributed by atoms with Crippen molar-refractivity contribution in [2.24, 2.45) is 0 Å². The Labute approximate surface area is 142 Å². The summed E-state index contributed by atoms with van der Waals surface area (Å²) >= 11 is 0. The van der Waals surface area contributed by atoms with Crippen molar-refractivity contribution in [1.82, 2.24) is 0 Å². The highest BCUT2D eigenvalue weighted by atomic mass is 16.5. The number of hydrogen-bond donors (Lipinski definition) is 1. The quantitative estimate of drug-likeness (QED) is 0.638. The van der Waals surface area contributed by atoms with Gasteiger partial charge >= 0.3 is 11.9 Å². The van der Waals surface area contributed by atoms with Crippen LogP contribution in [0.15, 0.2) is 12.2 Å². The first kappa shape index (κ1) is 19.5. The zero-order chi connectivity index (χ0) is 18.3. The lowest BCUT2D eigenvalue weighted by atomic mass is 9.91. The first-order valence-electron chi connectivity index (χ1n) is 7.85. The Morgan fingerprint density at radius 3 is 1.54 bits per heavy atom. The van der Waals surface area contributed by atoms with E-state index in [1.807, 2.05) is 6.92 Å². The Balaban J connectivity index is 3.32. The highest BCUT2D eigenvalue weighted by Gasteiger charge is 2.14. The van der Waals surface area contributed by atoms with Gasteiger partial charge in [-0.25, -0.2) is 9.59 Å². The standard InChI is InChI=1S/C19H24O5/c1-6-23-17(20)10-8-15-12(3)16(9-11-18(21)24-7-2)14(5)19(22)13(15)4/h8-11,22H,6-7H2,1-5H3/b10-8-,11-9-. The topological polar surface area (TPSA) is 72.8 Å². The van der Waals surface area contributed by atoms with Gasteiger partial charge < -0.3 is 14.6 Å². The minimum absolute atomic E-state index is 0.132. The SMILES string of the molecule is CCOC(=O)/C=C\c1c(C)c(O)c(C)c(/C=C\C(=O)OCC)c1C. The van der Waals surface area contributed by atoms with Crippen molar-refractivity contribution in [3.05, 3.63) is 40.0 Å². The van der Waals surface area contributed by atoms with Gasteiger partial charge in [0.25, 0.3) is 0 Å². The maximum Gasteiger partial charge on any atom is 0.330 e. The Hall–Kier alpha value is -2.56. The van der Waals surface area contributed by atoms with Gasteiger partial charge in [0.15, 0.2) is 0 Å². The van der Waals surface area contributed by atoms with Crippen LogP contribution < -0.4 is 0 Å². The number of benzene rings is 1. The van der Waals surface area contributed by atoms with Crippen LogP contribution in [0.4, 0.5) is 0 Å². The molecule has 1 aromatic carbocycles. The minimum Gasteiger partial charge on any atom is -0.507 e. The van der Waals surface area contributed by atoms with Crippen molar-refractivity contribution in [2.45, 2.75) is 34.6 Å². The van der Waals surface area contributed by atoms with Gasteiger partial charge in [-0.05, 0) is 74.6 Å². The van der Waals surface area contributed by atoms with Crippen LogP contribution in [0.5, 0.6) is 5.75 Å². The van der Waals surface area contributed by atoms with Crippen LogP contribution in [0.3, 0.4) is 0 Å². The van der Waals surface area contributed by atoms with Gasteiger partial charge in [0.05, 0.1) is 13.2 Å². The molecule has 0 fully saturated rings. The fourth-order valence-corrected chi connectivity index (χ4v) is 2.43. The third kappa shape index (κ3) is 4.72. The minimum atomic E-state index is -0.444. The first-order chi connectivity index (χ1) is 11.3. The monoisotopic (exact) mass is 332 g/mol. The van der Waals surface area contributed by atoms with Gasteiger partial charge in [0, 0.05) is 12.2 Å². The van der Waals surface area contributed by atoms with Crippen molar-refractivity contribution in [2.75, 3.05) is 13.2 Å². The first-order valence-corrected chi connectivity index (χ1v) is 7.85. The second kappa shape index (κ2) is 8.91. The third-order valence-corrected chi connectivity index (χ3v) is 3.67. The molecule has 0 aliphatic heterocycles. The molecule has 130 valence electrons. The summed E-state index contributed by atoms with van der Waals surface area (Å²) in [5.41, 5.74) is 3.62. The normalized spacial score (nSPS) is 11.2. The van der Waals surface area contributed by atoms with Crippen LogP contribution in [0.1, 0.15) is 41.7 Å². The fraction of sp³-hybridized carbons (Fsp3) is 0.368. The molecule has 0 saturated heterocycles. The van der Waals surface area contributed by atoms with E-state index in [-0.39, 0.29) is 5.75 Å². The van der Waals surface area contributed by atoms with Crippen molar-refractivity contribution in [1.29, 1.82) is 0 Å². The second-order valence-electron chi connectivity index (χ2n) is 5.22. The molecule has 0 aliphatic carbocycles. The lowest BCUT2D eigenvalue weighted by Crippen LogP contribution is -2.01. The Morgan fingerprint density at radius 1 is 0.833 bits per heavy atom. The smallest absolute Gasteiger partial charge is 0.330 e. The lowest BCUT2D eigenvalue weighted by molar-refractivity contribution is -0.138. The molecular formula is C19H24O5. The largest absolute Gasteiger partial charge is 0.507 e. The van der Waals surface area contributed by atoms with E-state index in [9.17, 15) is 14.7 Å². The summed E-state index contributed by atoms with van der Waals surface area (Å²) < 4.78 is 9.74. The number of phenolic OH excluding ortho intramolecular Hbond substituents is 1. The Bertz CT molecular complexity index is 628. The van der Waals surface area contributed by atoms with E-state index in [2.05, 4.69) is 0 Å². The summed E-state index contributed by atoms with van der Waals surface area (Å²) in [5, 5.41) is 10.3. The zero-order valence-corrected chi connectivity index (χ0v) is 14.8. The predicted octanol–water partition coefficient (Wildman–Crippen LogP) is 3.47. The van der Waals surface area contributed by atoms with Gasteiger partial charge in [0.2, 0.25) is 0 Å². The molecule has 0 radical (unpaired) electrons. The predicted molar refractivity (Wildman–Crippen MR) is 93.7 cm³/mol. The summed E-state index contributed by atoms with van der Waals surface area (Å²) in [7, 11) is 0. The van der Waals surface area contributed by atoms with Crippen molar-refractivity contribution < 1.29 is 24.2 Å². The number of esters is 2. The molecule has 1 N–H and O–H groups in total. The molecule has 5 heteroatoms. The second-order valence-corrected chi connectivity index (χ2v) is 5.22. The van der Waals surface area contributed by atoms with Crippen LogP contribution >= 0.6 is 0 Å². The van der Waals surface area contributed by atoms with Gasteiger partial charge in [-0.15, -0.1) is 0 Å². The maximum atomic E-state index is 11.5. The van der Waals surface area contributed by atoms with E-state index in [1.165, 1.54) is 12.2 Å². The summed E-state index contributed by atoms with van der Waals surface area (Å²) in [6.07, 6.45) is 5.88. The Morgan fingerprint density at radius 2 is 1.21 bits per heavy atom. The van der Waals surface area contributed by atoms with Gasteiger partial charge in [0.1, 0.15) is 5.75 Å². The molecule has 0 saturated carbocycles. The Kier molecular flexibility index (Phi) is 7.24. The van der Waals surface area contributed by atoms with Crippen LogP contribution in [0, 0.1) is 20.8 Å². The van der Waals surface area contributed by atoms with Crippen LogP contribution in [0.2, 0.25) is 0 Å². The molecule has 0 aliphatic rings. The van der Waals surface area contributed by atoms with Crippen LogP contribution in [0.25, 0.3) is 12.2 Å². The average molecular weight is 332 g/mol. The number of carbonyl (C=O) groups is 2. The molecule has 0 spiro atoms. The summed E-state index contributed by atoms with van der Waals surface area (Å²) in [5.74, 6) is -0.757. The summed E-state index contributed by atoms with van der Waals surface area (Å²) in [6, 6.07) is 0.